The molecule has 0 bridgehead atoms. The summed E-state index contributed by atoms with van der Waals surface area (Å²) in [5.74, 6) is 0.518. The number of amides is 1. The largest absolute Gasteiger partial charge is 0.412 e. The molecule has 0 atom stereocenters. The molecule has 26 heavy (non-hydrogen) atoms. The van der Waals surface area contributed by atoms with Crippen LogP contribution in [-0.2, 0) is 6.42 Å². The normalized spacial score (nSPS) is 10.8. The van der Waals surface area contributed by atoms with Gasteiger partial charge < -0.3 is 19.6 Å². The summed E-state index contributed by atoms with van der Waals surface area (Å²) in [6.45, 7) is 0.507. The maximum Gasteiger partial charge on any atom is 0.412 e. The minimum atomic E-state index is -0.449. The molecule has 0 fully saturated rings. The zero-order chi connectivity index (χ0) is 17.8. The molecule has 0 spiro atoms. The zero-order valence-corrected chi connectivity index (χ0v) is 14.2. The van der Waals surface area contributed by atoms with Crippen LogP contribution in [0.2, 0.25) is 0 Å². The standard InChI is InChI=1S/C21H19N3O2/c25-21(22-12-11-17-15-16-5-1-2-6-20(16)23-17)26-19-9-7-18(8-10-19)24-13-3-4-14-24/h1-10,13-15,23H,11-12H2,(H,22,25). The van der Waals surface area contributed by atoms with E-state index in [1.54, 1.807) is 12.1 Å². The number of nitrogens with zero attached hydrogens (tertiary/aromatic N) is 1. The molecule has 0 saturated carbocycles. The molecule has 4 aromatic rings. The summed E-state index contributed by atoms with van der Waals surface area (Å²) in [6, 6.07) is 21.5. The Kier molecular flexibility index (Phi) is 4.43. The van der Waals surface area contributed by atoms with Crippen LogP contribution in [0.4, 0.5) is 4.79 Å². The second-order valence-corrected chi connectivity index (χ2v) is 6.03. The number of rotatable bonds is 5. The second kappa shape index (κ2) is 7.19. The maximum absolute atomic E-state index is 11.9. The topological polar surface area (TPSA) is 59.1 Å². The zero-order valence-electron chi connectivity index (χ0n) is 14.2. The van der Waals surface area contributed by atoms with Gasteiger partial charge in [0.2, 0.25) is 0 Å². The van der Waals surface area contributed by atoms with Gasteiger partial charge in [0.25, 0.3) is 0 Å². The predicted octanol–water partition coefficient (Wildman–Crippen LogP) is 4.29. The maximum atomic E-state index is 11.9. The summed E-state index contributed by atoms with van der Waals surface area (Å²) >= 11 is 0. The molecule has 2 heterocycles. The number of ether oxygens (including phenoxy) is 1. The molecule has 0 radical (unpaired) electrons. The molecule has 1 amide bonds. The highest BCUT2D eigenvalue weighted by atomic mass is 16.6. The number of H-pyrrole nitrogens is 1. The monoisotopic (exact) mass is 345 g/mol. The van der Waals surface area contributed by atoms with Crippen molar-refractivity contribution in [1.29, 1.82) is 0 Å². The van der Waals surface area contributed by atoms with Crippen molar-refractivity contribution in [3.8, 4) is 11.4 Å². The van der Waals surface area contributed by atoms with Gasteiger partial charge in [0, 0.05) is 42.3 Å². The fourth-order valence-corrected chi connectivity index (χ4v) is 2.90. The highest BCUT2D eigenvalue weighted by Crippen LogP contribution is 2.16. The molecule has 5 nitrogen and oxygen atoms in total. The van der Waals surface area contributed by atoms with Crippen LogP contribution in [0.1, 0.15) is 5.69 Å². The minimum Gasteiger partial charge on any atom is -0.410 e. The summed E-state index contributed by atoms with van der Waals surface area (Å²) in [5.41, 5.74) is 3.21. The fourth-order valence-electron chi connectivity index (χ4n) is 2.90. The molecule has 130 valence electrons. The second-order valence-electron chi connectivity index (χ2n) is 6.03. The van der Waals surface area contributed by atoms with Gasteiger partial charge in [0.15, 0.2) is 0 Å². The van der Waals surface area contributed by atoms with Crippen LogP contribution in [0.15, 0.2) is 79.1 Å². The number of hydrogen-bond acceptors (Lipinski definition) is 2. The molecular weight excluding hydrogens is 326 g/mol. The number of aromatic amines is 1. The molecule has 5 heteroatoms. The number of para-hydroxylation sites is 1. The van der Waals surface area contributed by atoms with E-state index < -0.39 is 6.09 Å². The molecule has 0 unspecified atom stereocenters. The first-order valence-corrected chi connectivity index (χ1v) is 8.54. The van der Waals surface area contributed by atoms with Gasteiger partial charge in [-0.2, -0.15) is 0 Å². The van der Waals surface area contributed by atoms with Crippen molar-refractivity contribution in [2.75, 3.05) is 6.54 Å². The smallest absolute Gasteiger partial charge is 0.410 e. The number of hydrogen-bond donors (Lipinski definition) is 2. The van der Waals surface area contributed by atoms with Gasteiger partial charge in [0.05, 0.1) is 0 Å². The van der Waals surface area contributed by atoms with E-state index in [0.717, 1.165) is 23.3 Å². The van der Waals surface area contributed by atoms with Crippen molar-refractivity contribution in [3.05, 3.63) is 84.8 Å². The first kappa shape index (κ1) is 16.0. The lowest BCUT2D eigenvalue weighted by atomic mass is 10.2. The molecule has 0 aliphatic rings. The average molecular weight is 345 g/mol. The van der Waals surface area contributed by atoms with E-state index in [0.29, 0.717) is 12.3 Å². The van der Waals surface area contributed by atoms with Gasteiger partial charge in [-0.3, -0.25) is 0 Å². The Labute approximate surface area is 151 Å². The van der Waals surface area contributed by atoms with Crippen LogP contribution < -0.4 is 10.1 Å². The molecule has 2 N–H and O–H groups in total. The summed E-state index contributed by atoms with van der Waals surface area (Å²) in [5, 5.41) is 3.95. The SMILES string of the molecule is O=C(NCCc1cc2ccccc2[nH]1)Oc1ccc(-n2cccc2)cc1. The first-order chi connectivity index (χ1) is 12.8. The Morgan fingerprint density at radius 3 is 2.54 bits per heavy atom. The molecule has 4 rings (SSSR count). The first-order valence-electron chi connectivity index (χ1n) is 8.54. The van der Waals surface area contributed by atoms with Crippen molar-refractivity contribution in [1.82, 2.24) is 14.9 Å². The molecule has 2 aromatic carbocycles. The molecular formula is C21H19N3O2. The van der Waals surface area contributed by atoms with Crippen LogP contribution in [0, 0.1) is 0 Å². The number of benzene rings is 2. The number of aromatic nitrogens is 2. The van der Waals surface area contributed by atoms with Gasteiger partial charge in [-0.05, 0) is 53.9 Å². The van der Waals surface area contributed by atoms with Crippen LogP contribution in [0.25, 0.3) is 16.6 Å². The Morgan fingerprint density at radius 2 is 1.77 bits per heavy atom. The van der Waals surface area contributed by atoms with Crippen molar-refractivity contribution >= 4 is 17.0 Å². The van der Waals surface area contributed by atoms with Gasteiger partial charge in [-0.1, -0.05) is 18.2 Å². The van der Waals surface area contributed by atoms with E-state index in [4.69, 9.17) is 4.74 Å². The lowest BCUT2D eigenvalue weighted by Crippen LogP contribution is -2.28. The van der Waals surface area contributed by atoms with Gasteiger partial charge in [-0.25, -0.2) is 4.79 Å². The van der Waals surface area contributed by atoms with Crippen molar-refractivity contribution in [3.63, 3.8) is 0 Å². The van der Waals surface area contributed by atoms with Crippen LogP contribution in [-0.4, -0.2) is 22.2 Å². The molecule has 2 aromatic heterocycles. The third-order valence-corrected chi connectivity index (χ3v) is 4.20. The van der Waals surface area contributed by atoms with Crippen molar-refractivity contribution in [2.24, 2.45) is 0 Å². The Morgan fingerprint density at radius 1 is 1.00 bits per heavy atom. The Hall–Kier alpha value is -3.47. The van der Waals surface area contributed by atoms with Gasteiger partial charge in [-0.15, -0.1) is 0 Å². The lowest BCUT2D eigenvalue weighted by molar-refractivity contribution is 0.200. The van der Waals surface area contributed by atoms with E-state index in [1.807, 2.05) is 59.4 Å². The van der Waals surface area contributed by atoms with E-state index in [2.05, 4.69) is 22.4 Å². The van der Waals surface area contributed by atoms with Crippen molar-refractivity contribution < 1.29 is 9.53 Å². The number of carbonyl (C=O) groups excluding carboxylic acids is 1. The van der Waals surface area contributed by atoms with Crippen molar-refractivity contribution in [2.45, 2.75) is 6.42 Å². The molecule has 0 aliphatic heterocycles. The van der Waals surface area contributed by atoms with Gasteiger partial charge >= 0.3 is 6.09 Å². The fraction of sp³-hybridized carbons (Fsp3) is 0.0952. The third-order valence-electron chi connectivity index (χ3n) is 4.20. The predicted molar refractivity (Wildman–Crippen MR) is 102 cm³/mol. The highest BCUT2D eigenvalue weighted by molar-refractivity contribution is 5.80. The van der Waals surface area contributed by atoms with Crippen LogP contribution >= 0.6 is 0 Å². The highest BCUT2D eigenvalue weighted by Gasteiger charge is 2.05. The van der Waals surface area contributed by atoms with E-state index in [1.165, 1.54) is 5.39 Å². The van der Waals surface area contributed by atoms with E-state index in [-0.39, 0.29) is 0 Å². The van der Waals surface area contributed by atoms with Gasteiger partial charge in [0.1, 0.15) is 5.75 Å². The summed E-state index contributed by atoms with van der Waals surface area (Å²) < 4.78 is 7.30. The summed E-state index contributed by atoms with van der Waals surface area (Å²) in [6.07, 6.45) is 4.20. The summed E-state index contributed by atoms with van der Waals surface area (Å²) in [7, 11) is 0. The third kappa shape index (κ3) is 3.62. The molecule has 0 saturated heterocycles. The average Bonchev–Trinajstić information content (AvgIpc) is 3.32. The Bertz CT molecular complexity index is 968. The lowest BCUT2D eigenvalue weighted by Gasteiger charge is -2.07. The minimum absolute atomic E-state index is 0.449. The quantitative estimate of drug-likeness (QED) is 0.567. The molecule has 0 aliphatic carbocycles. The van der Waals surface area contributed by atoms with Crippen LogP contribution in [0.3, 0.4) is 0 Å². The summed E-state index contributed by atoms with van der Waals surface area (Å²) in [4.78, 5) is 15.3. The number of nitrogens with one attached hydrogen (secondary N) is 2. The van der Waals surface area contributed by atoms with Crippen LogP contribution in [0.5, 0.6) is 5.75 Å². The van der Waals surface area contributed by atoms with E-state index >= 15 is 0 Å². The number of carbonyl (C=O) groups is 1. The van der Waals surface area contributed by atoms with E-state index in [9.17, 15) is 4.79 Å². The Balaban J connectivity index is 1.28. The number of fused-ring (bicyclic) bond motifs is 1.